The number of rotatable bonds is 4. The third kappa shape index (κ3) is 2.82. The molecule has 2 aromatic rings. The molecule has 0 bridgehead atoms. The number of carbonyl (C=O) groups excluding carboxylic acids is 3. The number of nitrogens with zero attached hydrogens (tertiary/aromatic N) is 3. The third-order valence-electron chi connectivity index (χ3n) is 6.23. The molecule has 3 aliphatic rings. The second-order valence-corrected chi connectivity index (χ2v) is 8.97. The zero-order chi connectivity index (χ0) is 19.3. The molecule has 1 aromatic heterocycles. The van der Waals surface area contributed by atoms with Crippen LogP contribution in [-0.2, 0) is 9.59 Å². The van der Waals surface area contributed by atoms with Gasteiger partial charge in [-0.3, -0.25) is 14.5 Å². The first-order valence-electron chi connectivity index (χ1n) is 10.0. The van der Waals surface area contributed by atoms with Crippen molar-refractivity contribution in [3.63, 3.8) is 0 Å². The Morgan fingerprint density at radius 2 is 1.82 bits per heavy atom. The number of likely N-dealkylation sites (tertiary alicyclic amines) is 1. The summed E-state index contributed by atoms with van der Waals surface area (Å²) in [5.41, 5.74) is 0.990. The second kappa shape index (κ2) is 6.93. The van der Waals surface area contributed by atoms with Gasteiger partial charge in [-0.2, -0.15) is 0 Å². The van der Waals surface area contributed by atoms with Gasteiger partial charge in [-0.25, -0.2) is 14.7 Å². The minimum absolute atomic E-state index is 0.109. The van der Waals surface area contributed by atoms with E-state index in [4.69, 9.17) is 4.98 Å². The van der Waals surface area contributed by atoms with E-state index in [-0.39, 0.29) is 18.8 Å². The molecule has 7 nitrogen and oxygen atoms in total. The lowest BCUT2D eigenvalue weighted by Gasteiger charge is -2.25. The highest BCUT2D eigenvalue weighted by Crippen LogP contribution is 2.30. The molecular formula is C20H23N4O3S+. The van der Waals surface area contributed by atoms with E-state index in [1.165, 1.54) is 9.80 Å². The number of quaternary nitrogens is 1. The monoisotopic (exact) mass is 399 g/mol. The maximum absolute atomic E-state index is 12.9. The van der Waals surface area contributed by atoms with Crippen LogP contribution >= 0.6 is 11.3 Å². The first kappa shape index (κ1) is 17.8. The Morgan fingerprint density at radius 1 is 1.04 bits per heavy atom. The predicted octanol–water partition coefficient (Wildman–Crippen LogP) is 1.71. The zero-order valence-electron chi connectivity index (χ0n) is 15.6. The molecule has 3 heterocycles. The minimum atomic E-state index is -0.667. The van der Waals surface area contributed by atoms with Gasteiger partial charge in [0.15, 0.2) is 11.7 Å². The normalized spacial score (nSPS) is 26.4. The van der Waals surface area contributed by atoms with E-state index in [0.29, 0.717) is 0 Å². The molecule has 5 rings (SSSR count). The topological polar surface area (TPSA) is 75.0 Å². The van der Waals surface area contributed by atoms with Gasteiger partial charge in [0.05, 0.1) is 16.8 Å². The van der Waals surface area contributed by atoms with Crippen molar-refractivity contribution in [3.8, 4) is 0 Å². The summed E-state index contributed by atoms with van der Waals surface area (Å²) in [7, 11) is 0. The van der Waals surface area contributed by atoms with Gasteiger partial charge in [0, 0.05) is 18.9 Å². The van der Waals surface area contributed by atoms with Crippen LogP contribution in [0.1, 0.15) is 49.6 Å². The molecule has 1 saturated carbocycles. The van der Waals surface area contributed by atoms with Gasteiger partial charge < -0.3 is 4.90 Å². The number of imide groups is 2. The predicted molar refractivity (Wildman–Crippen MR) is 104 cm³/mol. The summed E-state index contributed by atoms with van der Waals surface area (Å²) in [6.07, 6.45) is 5.63. The molecule has 4 amide bonds. The number of fused-ring (bicyclic) bond motifs is 1. The van der Waals surface area contributed by atoms with E-state index < -0.39 is 17.8 Å². The van der Waals surface area contributed by atoms with E-state index in [1.54, 1.807) is 11.3 Å². The third-order valence-corrected chi connectivity index (χ3v) is 7.38. The highest BCUT2D eigenvalue weighted by molar-refractivity contribution is 7.18. The van der Waals surface area contributed by atoms with Crippen LogP contribution in [0, 0.1) is 0 Å². The highest BCUT2D eigenvalue weighted by atomic mass is 32.1. The van der Waals surface area contributed by atoms with Crippen LogP contribution in [0.4, 0.5) is 4.79 Å². The Bertz CT molecular complexity index is 919. The quantitative estimate of drug-likeness (QED) is 0.627. The summed E-state index contributed by atoms with van der Waals surface area (Å²) in [4.78, 5) is 46.2. The molecule has 2 saturated heterocycles. The fourth-order valence-electron chi connectivity index (χ4n) is 4.79. The zero-order valence-corrected chi connectivity index (χ0v) is 16.4. The molecule has 0 radical (unpaired) electrons. The second-order valence-electron chi connectivity index (χ2n) is 7.91. The van der Waals surface area contributed by atoms with Gasteiger partial charge >= 0.3 is 17.8 Å². The van der Waals surface area contributed by atoms with Crippen LogP contribution in [-0.4, -0.2) is 51.9 Å². The fourth-order valence-corrected chi connectivity index (χ4v) is 5.95. The first-order valence-corrected chi connectivity index (χ1v) is 10.8. The number of benzene rings is 1. The fraction of sp³-hybridized carbons (Fsp3) is 0.500. The van der Waals surface area contributed by atoms with Crippen molar-refractivity contribution in [3.05, 3.63) is 29.3 Å². The van der Waals surface area contributed by atoms with E-state index in [9.17, 15) is 14.4 Å². The molecule has 8 heteroatoms. The summed E-state index contributed by atoms with van der Waals surface area (Å²) < 4.78 is 1.15. The maximum Gasteiger partial charge on any atom is 0.338 e. The van der Waals surface area contributed by atoms with Crippen molar-refractivity contribution in [1.82, 2.24) is 14.8 Å². The van der Waals surface area contributed by atoms with E-state index in [1.807, 2.05) is 18.2 Å². The van der Waals surface area contributed by atoms with Crippen LogP contribution in [0.25, 0.3) is 10.2 Å². The van der Waals surface area contributed by atoms with Crippen LogP contribution in [0.15, 0.2) is 24.3 Å². The Balaban J connectivity index is 1.36. The van der Waals surface area contributed by atoms with Gasteiger partial charge in [-0.15, -0.1) is 11.3 Å². The molecule has 1 aliphatic carbocycles. The van der Waals surface area contributed by atoms with Crippen LogP contribution in [0.5, 0.6) is 0 Å². The molecule has 2 aliphatic heterocycles. The molecule has 1 aromatic carbocycles. The van der Waals surface area contributed by atoms with E-state index >= 15 is 0 Å². The van der Waals surface area contributed by atoms with Crippen molar-refractivity contribution in [2.24, 2.45) is 0 Å². The summed E-state index contributed by atoms with van der Waals surface area (Å²) in [6.45, 7) is 1.11. The number of carbonyl (C=O) groups is 3. The van der Waals surface area contributed by atoms with Crippen molar-refractivity contribution < 1.29 is 19.3 Å². The van der Waals surface area contributed by atoms with Gasteiger partial charge in [0.25, 0.3) is 0 Å². The number of hydrogen-bond acceptors (Lipinski definition) is 5. The Hall–Kier alpha value is -2.32. The molecule has 28 heavy (non-hydrogen) atoms. The molecule has 3 fully saturated rings. The average Bonchev–Trinajstić information content (AvgIpc) is 3.46. The first-order chi connectivity index (χ1) is 13.6. The van der Waals surface area contributed by atoms with E-state index in [0.717, 1.165) is 65.2 Å². The number of nitrogens with one attached hydrogen (secondary N) is 1. The lowest BCUT2D eigenvalue weighted by Crippen LogP contribution is -3.12. The van der Waals surface area contributed by atoms with Gasteiger partial charge in [0.1, 0.15) is 6.04 Å². The number of hydrogen-bond donors (Lipinski definition) is 1. The highest BCUT2D eigenvalue weighted by Gasteiger charge is 2.50. The summed E-state index contributed by atoms with van der Waals surface area (Å²) in [5, 5.41) is 1.05. The molecule has 1 N–H and O–H groups in total. The summed E-state index contributed by atoms with van der Waals surface area (Å²) >= 11 is 1.68. The SMILES string of the molecule is O=C1C(=O)N(C2CCCC2)C(=O)N1C[NH+]1CCC[C@@H]1c1nc2ccccc2s1. The van der Waals surface area contributed by atoms with Gasteiger partial charge in [-0.05, 0) is 25.0 Å². The molecule has 0 spiro atoms. The van der Waals surface area contributed by atoms with Gasteiger partial charge in [-0.1, -0.05) is 25.0 Å². The van der Waals surface area contributed by atoms with E-state index in [2.05, 4.69) is 6.07 Å². The van der Waals surface area contributed by atoms with Crippen LogP contribution in [0.2, 0.25) is 0 Å². The lowest BCUT2D eigenvalue weighted by atomic mass is 10.2. The number of aromatic nitrogens is 1. The van der Waals surface area contributed by atoms with Crippen LogP contribution < -0.4 is 4.90 Å². The Labute approximate surface area is 166 Å². The molecular weight excluding hydrogens is 376 g/mol. The standard InChI is InChI=1S/C20H22N4O3S/c25-18-19(26)24(13-6-1-2-7-13)20(27)23(18)12-22-11-5-9-15(22)17-21-14-8-3-4-10-16(14)28-17/h3-4,8,10,13,15H,1-2,5-7,9,11-12H2/p+1/t15-/m1/s1. The summed E-state index contributed by atoms with van der Waals surface area (Å²) in [5.74, 6) is -1.31. The van der Waals surface area contributed by atoms with Crippen LogP contribution in [0.3, 0.4) is 0 Å². The molecule has 2 atom stereocenters. The number of urea groups is 1. The van der Waals surface area contributed by atoms with Crippen molar-refractivity contribution in [2.75, 3.05) is 13.2 Å². The number of para-hydroxylation sites is 1. The maximum atomic E-state index is 12.9. The van der Waals surface area contributed by atoms with Crippen molar-refractivity contribution >= 4 is 39.4 Å². The molecule has 1 unspecified atom stereocenters. The largest absolute Gasteiger partial charge is 0.338 e. The Kier molecular flexibility index (Phi) is 4.40. The van der Waals surface area contributed by atoms with Crippen molar-refractivity contribution in [1.29, 1.82) is 0 Å². The lowest BCUT2D eigenvalue weighted by molar-refractivity contribution is -0.925. The number of amides is 4. The van der Waals surface area contributed by atoms with Crippen molar-refractivity contribution in [2.45, 2.75) is 50.6 Å². The number of thiazole rings is 1. The molecule has 146 valence electrons. The Morgan fingerprint density at radius 3 is 2.61 bits per heavy atom. The average molecular weight is 399 g/mol. The smallest absolute Gasteiger partial charge is 0.309 e. The van der Waals surface area contributed by atoms with Gasteiger partial charge in [0.2, 0.25) is 0 Å². The summed E-state index contributed by atoms with van der Waals surface area (Å²) in [6, 6.07) is 7.69. The minimum Gasteiger partial charge on any atom is -0.309 e.